The highest BCUT2D eigenvalue weighted by atomic mass is 16.5. The number of phenolic OH excluding ortho intramolecular Hbond substituents is 1. The van der Waals surface area contributed by atoms with E-state index in [9.17, 15) is 9.90 Å². The molecule has 2 saturated carbocycles. The SMILES string of the molecule is C=CC(=O)Oc1ccc(O)c(CNC23CCCC(CCC2)C3)c1. The van der Waals surface area contributed by atoms with Crippen LogP contribution in [0.1, 0.15) is 50.5 Å². The summed E-state index contributed by atoms with van der Waals surface area (Å²) in [7, 11) is 0. The molecule has 0 spiro atoms. The summed E-state index contributed by atoms with van der Waals surface area (Å²) in [6, 6.07) is 4.89. The van der Waals surface area contributed by atoms with Crippen molar-refractivity contribution in [1.29, 1.82) is 0 Å². The Morgan fingerprint density at radius 1 is 1.39 bits per heavy atom. The van der Waals surface area contributed by atoms with E-state index in [4.69, 9.17) is 4.74 Å². The molecule has 0 aromatic heterocycles. The van der Waals surface area contributed by atoms with Crippen LogP contribution in [0, 0.1) is 5.92 Å². The molecule has 0 saturated heterocycles. The molecule has 2 N–H and O–H groups in total. The smallest absolute Gasteiger partial charge is 0.335 e. The van der Waals surface area contributed by atoms with Gasteiger partial charge in [-0.1, -0.05) is 32.3 Å². The van der Waals surface area contributed by atoms with Gasteiger partial charge in [-0.15, -0.1) is 0 Å². The fourth-order valence-electron chi connectivity index (χ4n) is 4.14. The van der Waals surface area contributed by atoms with E-state index in [2.05, 4.69) is 11.9 Å². The first kappa shape index (κ1) is 16.1. The largest absolute Gasteiger partial charge is 0.508 e. The highest BCUT2D eigenvalue weighted by Crippen LogP contribution is 2.43. The van der Waals surface area contributed by atoms with Crippen LogP contribution < -0.4 is 10.1 Å². The molecule has 0 atom stereocenters. The molecule has 2 bridgehead atoms. The zero-order chi connectivity index (χ0) is 16.3. The Labute approximate surface area is 137 Å². The van der Waals surface area contributed by atoms with Crippen molar-refractivity contribution in [1.82, 2.24) is 5.32 Å². The van der Waals surface area contributed by atoms with Crippen molar-refractivity contribution < 1.29 is 14.6 Å². The van der Waals surface area contributed by atoms with E-state index < -0.39 is 5.97 Å². The summed E-state index contributed by atoms with van der Waals surface area (Å²) in [5, 5.41) is 13.8. The Morgan fingerprint density at radius 3 is 2.83 bits per heavy atom. The zero-order valence-electron chi connectivity index (χ0n) is 13.5. The standard InChI is InChI=1S/C19H25NO3/c1-2-18(22)23-16-7-8-17(21)15(11-16)13-20-19-9-3-5-14(12-19)6-4-10-19/h2,7-8,11,14,20-21H,1,3-6,9-10,12-13H2. The van der Waals surface area contributed by atoms with Gasteiger partial charge in [-0.2, -0.15) is 0 Å². The van der Waals surface area contributed by atoms with Gasteiger partial charge in [0, 0.05) is 23.7 Å². The normalized spacial score (nSPS) is 26.5. The quantitative estimate of drug-likeness (QED) is 0.494. The first-order valence-electron chi connectivity index (χ1n) is 8.51. The number of carbonyl (C=O) groups is 1. The molecule has 2 aliphatic carbocycles. The van der Waals surface area contributed by atoms with Gasteiger partial charge in [0.05, 0.1) is 0 Å². The number of nitrogens with one attached hydrogen (secondary N) is 1. The van der Waals surface area contributed by atoms with Crippen LogP contribution in [0.15, 0.2) is 30.9 Å². The maximum absolute atomic E-state index is 11.3. The minimum absolute atomic E-state index is 0.224. The Hall–Kier alpha value is -1.81. The fourth-order valence-corrected chi connectivity index (χ4v) is 4.14. The highest BCUT2D eigenvalue weighted by molar-refractivity contribution is 5.83. The van der Waals surface area contributed by atoms with Gasteiger partial charge in [0.1, 0.15) is 11.5 Å². The molecule has 0 radical (unpaired) electrons. The Bertz CT molecular complexity index is 586. The maximum atomic E-state index is 11.3. The summed E-state index contributed by atoms with van der Waals surface area (Å²) in [4.78, 5) is 11.3. The Balaban J connectivity index is 1.68. The third kappa shape index (κ3) is 3.75. The van der Waals surface area contributed by atoms with E-state index in [0.29, 0.717) is 12.3 Å². The van der Waals surface area contributed by atoms with Crippen LogP contribution >= 0.6 is 0 Å². The van der Waals surface area contributed by atoms with E-state index in [-0.39, 0.29) is 11.3 Å². The average Bonchev–Trinajstić information content (AvgIpc) is 2.55. The number of aromatic hydroxyl groups is 1. The lowest BCUT2D eigenvalue weighted by molar-refractivity contribution is -0.128. The van der Waals surface area contributed by atoms with Crippen molar-refractivity contribution >= 4 is 5.97 Å². The van der Waals surface area contributed by atoms with Gasteiger partial charge in [0.25, 0.3) is 0 Å². The summed E-state index contributed by atoms with van der Waals surface area (Å²) in [6.07, 6.45) is 10.1. The number of benzene rings is 1. The molecule has 0 heterocycles. The van der Waals surface area contributed by atoms with Crippen molar-refractivity contribution in [3.63, 3.8) is 0 Å². The van der Waals surface area contributed by atoms with E-state index in [0.717, 1.165) is 17.6 Å². The number of hydrogen-bond donors (Lipinski definition) is 2. The van der Waals surface area contributed by atoms with Gasteiger partial charge in [0.15, 0.2) is 0 Å². The van der Waals surface area contributed by atoms with Gasteiger partial charge >= 0.3 is 5.97 Å². The van der Waals surface area contributed by atoms with Crippen LogP contribution in [0.25, 0.3) is 0 Å². The molecular weight excluding hydrogens is 290 g/mol. The minimum Gasteiger partial charge on any atom is -0.508 e. The van der Waals surface area contributed by atoms with Crippen molar-refractivity contribution in [3.8, 4) is 11.5 Å². The van der Waals surface area contributed by atoms with Crippen molar-refractivity contribution in [2.24, 2.45) is 5.92 Å². The van der Waals surface area contributed by atoms with Crippen molar-refractivity contribution in [3.05, 3.63) is 36.4 Å². The third-order valence-corrected chi connectivity index (χ3v) is 5.30. The molecule has 1 aromatic carbocycles. The molecule has 124 valence electrons. The summed E-state index contributed by atoms with van der Waals surface area (Å²) in [5.74, 6) is 1.04. The van der Waals surface area contributed by atoms with E-state index in [1.165, 1.54) is 44.9 Å². The number of fused-ring (bicyclic) bond motifs is 2. The second-order valence-corrected chi connectivity index (χ2v) is 6.90. The van der Waals surface area contributed by atoms with E-state index >= 15 is 0 Å². The first-order valence-corrected chi connectivity index (χ1v) is 8.51. The zero-order valence-corrected chi connectivity index (χ0v) is 13.5. The van der Waals surface area contributed by atoms with Crippen molar-refractivity contribution in [2.45, 2.75) is 57.0 Å². The molecule has 4 heteroatoms. The number of phenols is 1. The van der Waals surface area contributed by atoms with E-state index in [1.807, 2.05) is 0 Å². The van der Waals surface area contributed by atoms with Crippen molar-refractivity contribution in [2.75, 3.05) is 0 Å². The molecule has 0 amide bonds. The van der Waals surface area contributed by atoms with Gasteiger partial charge in [-0.25, -0.2) is 4.79 Å². The lowest BCUT2D eigenvalue weighted by Crippen LogP contribution is -2.50. The fraction of sp³-hybridized carbons (Fsp3) is 0.526. The van der Waals surface area contributed by atoms with Gasteiger partial charge in [-0.05, 0) is 43.4 Å². The molecule has 0 unspecified atom stereocenters. The number of carbonyl (C=O) groups excluding carboxylic acids is 1. The van der Waals surface area contributed by atoms with Crippen LogP contribution in [0.5, 0.6) is 11.5 Å². The minimum atomic E-state index is -0.490. The topological polar surface area (TPSA) is 58.6 Å². The Kier molecular flexibility index (Phi) is 4.71. The Morgan fingerprint density at radius 2 is 2.13 bits per heavy atom. The molecule has 4 nitrogen and oxygen atoms in total. The highest BCUT2D eigenvalue weighted by Gasteiger charge is 2.38. The first-order chi connectivity index (χ1) is 11.1. The molecule has 3 rings (SSSR count). The summed E-state index contributed by atoms with van der Waals surface area (Å²) < 4.78 is 5.13. The number of ether oxygens (including phenoxy) is 1. The number of esters is 1. The van der Waals surface area contributed by atoms with Crippen LogP contribution in [0.2, 0.25) is 0 Å². The van der Waals surface area contributed by atoms with Crippen LogP contribution in [0.3, 0.4) is 0 Å². The van der Waals surface area contributed by atoms with Gasteiger partial charge in [-0.3, -0.25) is 0 Å². The van der Waals surface area contributed by atoms with Crippen LogP contribution in [-0.4, -0.2) is 16.6 Å². The maximum Gasteiger partial charge on any atom is 0.335 e. The molecular formula is C19H25NO3. The average molecular weight is 315 g/mol. The summed E-state index contributed by atoms with van der Waals surface area (Å²) in [5.41, 5.74) is 0.989. The number of rotatable bonds is 5. The third-order valence-electron chi connectivity index (χ3n) is 5.30. The lowest BCUT2D eigenvalue weighted by atomic mass is 9.67. The lowest BCUT2D eigenvalue weighted by Gasteiger charge is -2.46. The molecule has 23 heavy (non-hydrogen) atoms. The molecule has 0 aliphatic heterocycles. The van der Waals surface area contributed by atoms with Crippen LogP contribution in [-0.2, 0) is 11.3 Å². The van der Waals surface area contributed by atoms with Gasteiger partial charge in [0.2, 0.25) is 0 Å². The summed E-state index contributed by atoms with van der Waals surface area (Å²) in [6.45, 7) is 3.99. The predicted molar refractivity (Wildman–Crippen MR) is 89.3 cm³/mol. The monoisotopic (exact) mass is 315 g/mol. The van der Waals surface area contributed by atoms with Gasteiger partial charge < -0.3 is 15.2 Å². The second kappa shape index (κ2) is 6.75. The van der Waals surface area contributed by atoms with Crippen LogP contribution in [0.4, 0.5) is 0 Å². The van der Waals surface area contributed by atoms with E-state index in [1.54, 1.807) is 18.2 Å². The molecule has 2 fully saturated rings. The molecule has 2 aliphatic rings. The second-order valence-electron chi connectivity index (χ2n) is 6.90. The number of hydrogen-bond acceptors (Lipinski definition) is 4. The molecule has 1 aromatic rings. The predicted octanol–water partition coefficient (Wildman–Crippen LogP) is 3.69. The summed E-state index contributed by atoms with van der Waals surface area (Å²) >= 11 is 0.